The lowest BCUT2D eigenvalue weighted by Crippen LogP contribution is -2.55. The third kappa shape index (κ3) is 1.77. The Morgan fingerprint density at radius 1 is 1.11 bits per heavy atom. The molecule has 4 aliphatic carbocycles. The summed E-state index contributed by atoms with van der Waals surface area (Å²) in [7, 11) is 0. The van der Waals surface area contributed by atoms with Gasteiger partial charge in [-0.3, -0.25) is 4.79 Å². The number of carbonyl (C=O) groups is 1. The van der Waals surface area contributed by atoms with Crippen LogP contribution in [-0.2, 0) is 4.79 Å². The van der Waals surface area contributed by atoms with Crippen molar-refractivity contribution in [2.75, 3.05) is 13.2 Å². The van der Waals surface area contributed by atoms with Crippen LogP contribution >= 0.6 is 0 Å². The molecule has 1 atom stereocenters. The van der Waals surface area contributed by atoms with Gasteiger partial charge in [-0.1, -0.05) is 0 Å². The Kier molecular flexibility index (Phi) is 2.70. The zero-order valence-corrected chi connectivity index (χ0v) is 11.7. The normalized spacial score (nSPS) is 47.9. The van der Waals surface area contributed by atoms with E-state index in [-0.39, 0.29) is 18.1 Å². The summed E-state index contributed by atoms with van der Waals surface area (Å²) in [4.78, 5) is 15.1. The van der Waals surface area contributed by atoms with Crippen LogP contribution in [0.15, 0.2) is 0 Å². The summed E-state index contributed by atoms with van der Waals surface area (Å²) >= 11 is 0. The molecule has 4 bridgehead atoms. The fraction of sp³-hybridized carbons (Fsp3) is 0.938. The molecule has 0 aromatic heterocycles. The van der Waals surface area contributed by atoms with Crippen LogP contribution in [0.2, 0.25) is 0 Å². The van der Waals surface area contributed by atoms with E-state index >= 15 is 0 Å². The van der Waals surface area contributed by atoms with Crippen molar-refractivity contribution >= 4 is 5.91 Å². The summed E-state index contributed by atoms with van der Waals surface area (Å²) in [6.45, 7) is 1.03. The topological polar surface area (TPSA) is 40.5 Å². The van der Waals surface area contributed by atoms with E-state index in [1.54, 1.807) is 0 Å². The van der Waals surface area contributed by atoms with E-state index in [0.717, 1.165) is 56.4 Å². The maximum atomic E-state index is 13.1. The molecular formula is C16H25NO2. The highest BCUT2D eigenvalue weighted by Crippen LogP contribution is 2.60. The first kappa shape index (κ1) is 12.2. The van der Waals surface area contributed by atoms with Crippen molar-refractivity contribution in [1.82, 2.24) is 4.90 Å². The zero-order valence-electron chi connectivity index (χ0n) is 11.7. The van der Waals surface area contributed by atoms with Crippen molar-refractivity contribution in [3.8, 4) is 0 Å². The Morgan fingerprint density at radius 3 is 2.21 bits per heavy atom. The molecule has 1 saturated heterocycles. The van der Waals surface area contributed by atoms with Crippen LogP contribution < -0.4 is 0 Å². The van der Waals surface area contributed by atoms with Gasteiger partial charge >= 0.3 is 0 Å². The first-order chi connectivity index (χ1) is 9.20. The highest BCUT2D eigenvalue weighted by Gasteiger charge is 2.56. The van der Waals surface area contributed by atoms with Crippen LogP contribution in [0.25, 0.3) is 0 Å². The molecule has 1 aliphatic heterocycles. The third-order valence-corrected chi connectivity index (χ3v) is 6.34. The van der Waals surface area contributed by atoms with Gasteiger partial charge in [0.1, 0.15) is 0 Å². The number of amides is 1. The van der Waals surface area contributed by atoms with Crippen molar-refractivity contribution in [3.05, 3.63) is 0 Å². The first-order valence-corrected chi connectivity index (χ1v) is 8.12. The first-order valence-electron chi connectivity index (χ1n) is 8.12. The molecule has 0 aromatic carbocycles. The van der Waals surface area contributed by atoms with E-state index in [2.05, 4.69) is 0 Å². The second kappa shape index (κ2) is 4.21. The molecule has 1 heterocycles. The van der Waals surface area contributed by atoms with Crippen molar-refractivity contribution in [2.24, 2.45) is 23.2 Å². The Morgan fingerprint density at radius 2 is 1.68 bits per heavy atom. The monoisotopic (exact) mass is 263 g/mol. The summed E-state index contributed by atoms with van der Waals surface area (Å²) in [5.74, 6) is 2.88. The quantitative estimate of drug-likeness (QED) is 0.829. The van der Waals surface area contributed by atoms with E-state index in [0.29, 0.717) is 5.91 Å². The van der Waals surface area contributed by atoms with Gasteiger partial charge in [-0.2, -0.15) is 0 Å². The van der Waals surface area contributed by atoms with Crippen molar-refractivity contribution in [3.63, 3.8) is 0 Å². The minimum absolute atomic E-state index is 0.0213. The highest BCUT2D eigenvalue weighted by atomic mass is 16.3. The van der Waals surface area contributed by atoms with Crippen LogP contribution in [0.5, 0.6) is 0 Å². The maximum Gasteiger partial charge on any atom is 0.229 e. The van der Waals surface area contributed by atoms with Crippen LogP contribution in [0.4, 0.5) is 0 Å². The van der Waals surface area contributed by atoms with Gasteiger partial charge in [0.05, 0.1) is 18.1 Å². The molecule has 3 heteroatoms. The van der Waals surface area contributed by atoms with E-state index in [4.69, 9.17) is 0 Å². The summed E-state index contributed by atoms with van der Waals surface area (Å²) < 4.78 is 0. The minimum atomic E-state index is -0.0213. The number of aliphatic hydroxyl groups excluding tert-OH is 1. The zero-order chi connectivity index (χ0) is 13.0. The predicted molar refractivity (Wildman–Crippen MR) is 72.4 cm³/mol. The van der Waals surface area contributed by atoms with Crippen molar-refractivity contribution < 1.29 is 9.90 Å². The standard InChI is InChI=1S/C16H25NO2/c18-10-14-2-1-3-17(14)15(19)16-7-11-4-12(8-16)6-13(5-11)9-16/h11-14,18H,1-10H2. The number of hydrogen-bond acceptors (Lipinski definition) is 2. The van der Waals surface area contributed by atoms with Gasteiger partial charge < -0.3 is 10.0 Å². The largest absolute Gasteiger partial charge is 0.394 e. The van der Waals surface area contributed by atoms with Crippen molar-refractivity contribution in [2.45, 2.75) is 57.4 Å². The van der Waals surface area contributed by atoms with Gasteiger partial charge in [0.2, 0.25) is 5.91 Å². The van der Waals surface area contributed by atoms with Crippen LogP contribution in [0, 0.1) is 23.2 Å². The second-order valence-corrected chi connectivity index (χ2v) is 7.68. The highest BCUT2D eigenvalue weighted by molar-refractivity contribution is 5.84. The van der Waals surface area contributed by atoms with Crippen molar-refractivity contribution in [1.29, 1.82) is 0 Å². The third-order valence-electron chi connectivity index (χ3n) is 6.34. The second-order valence-electron chi connectivity index (χ2n) is 7.68. The molecule has 5 rings (SSSR count). The van der Waals surface area contributed by atoms with Gasteiger partial charge in [0, 0.05) is 6.54 Å². The number of aliphatic hydroxyl groups is 1. The Balaban J connectivity index is 1.59. The molecule has 0 radical (unpaired) electrons. The molecular weight excluding hydrogens is 238 g/mol. The van der Waals surface area contributed by atoms with Gasteiger partial charge in [-0.25, -0.2) is 0 Å². The van der Waals surface area contributed by atoms with Gasteiger partial charge in [0.15, 0.2) is 0 Å². The Labute approximate surface area is 115 Å². The molecule has 19 heavy (non-hydrogen) atoms. The summed E-state index contributed by atoms with van der Waals surface area (Å²) in [5, 5.41) is 9.47. The lowest BCUT2D eigenvalue weighted by Gasteiger charge is -2.56. The maximum absolute atomic E-state index is 13.1. The lowest BCUT2D eigenvalue weighted by molar-refractivity contribution is -0.159. The van der Waals surface area contributed by atoms with E-state index < -0.39 is 0 Å². The summed E-state index contributed by atoms with van der Waals surface area (Å²) in [6.07, 6.45) is 9.66. The number of hydrogen-bond donors (Lipinski definition) is 1. The van der Waals surface area contributed by atoms with Gasteiger partial charge in [-0.05, 0) is 69.1 Å². The smallest absolute Gasteiger partial charge is 0.229 e. The van der Waals surface area contributed by atoms with Crippen LogP contribution in [0.1, 0.15) is 51.4 Å². The van der Waals surface area contributed by atoms with E-state index in [1.807, 2.05) is 4.90 Å². The molecule has 106 valence electrons. The predicted octanol–water partition coefficient (Wildman–Crippen LogP) is 2.19. The van der Waals surface area contributed by atoms with Crippen LogP contribution in [0.3, 0.4) is 0 Å². The molecule has 4 saturated carbocycles. The van der Waals surface area contributed by atoms with Gasteiger partial charge in [0.25, 0.3) is 0 Å². The number of likely N-dealkylation sites (tertiary alicyclic amines) is 1. The molecule has 1 N–H and O–H groups in total. The summed E-state index contributed by atoms with van der Waals surface area (Å²) in [6, 6.07) is 0.112. The SMILES string of the molecule is O=C(N1CCCC1CO)C12CC3CC(CC(C3)C1)C2. The summed E-state index contributed by atoms with van der Waals surface area (Å²) in [5.41, 5.74) is -0.0213. The molecule has 1 amide bonds. The molecule has 5 fully saturated rings. The average molecular weight is 263 g/mol. The lowest BCUT2D eigenvalue weighted by atomic mass is 9.49. The molecule has 0 aromatic rings. The van der Waals surface area contributed by atoms with Crippen LogP contribution in [-0.4, -0.2) is 35.1 Å². The Bertz CT molecular complexity index is 357. The molecule has 1 unspecified atom stereocenters. The average Bonchev–Trinajstić information content (AvgIpc) is 2.84. The van der Waals surface area contributed by atoms with E-state index in [9.17, 15) is 9.90 Å². The van der Waals surface area contributed by atoms with E-state index in [1.165, 1.54) is 19.3 Å². The number of carbonyl (C=O) groups excluding carboxylic acids is 1. The number of rotatable bonds is 2. The van der Waals surface area contributed by atoms with Gasteiger partial charge in [-0.15, -0.1) is 0 Å². The molecule has 5 aliphatic rings. The molecule has 0 spiro atoms. The Hall–Kier alpha value is -0.570. The molecule has 3 nitrogen and oxygen atoms in total. The fourth-order valence-electron chi connectivity index (χ4n) is 5.97. The fourth-order valence-corrected chi connectivity index (χ4v) is 5.97. The number of nitrogens with zero attached hydrogens (tertiary/aromatic N) is 1. The minimum Gasteiger partial charge on any atom is -0.394 e.